The number of halogens is 3. The molecule has 0 aliphatic heterocycles. The number of hydrogen-bond donors (Lipinski definition) is 1. The fourth-order valence-corrected chi connectivity index (χ4v) is 0.888. The molecule has 1 nitrogen and oxygen atoms in total. The molecule has 0 heterocycles. The standard InChI is InChI=1S/C10H14F3N/c1-4-5-7(2)8(3)6-9(14)10(11,12)13/h4,6-7,14H,1,5H2,2-3H3/b8-6+,14-9?/t7-/m1/s1. The average Bonchev–Trinajstić information content (AvgIpc) is 2.02. The number of rotatable bonds is 4. The first kappa shape index (κ1) is 12.9. The zero-order valence-electron chi connectivity index (χ0n) is 8.28. The van der Waals surface area contributed by atoms with E-state index < -0.39 is 11.9 Å². The normalized spacial score (nSPS) is 15.1. The van der Waals surface area contributed by atoms with Crippen LogP contribution in [0.2, 0.25) is 0 Å². The van der Waals surface area contributed by atoms with Crippen molar-refractivity contribution >= 4 is 5.71 Å². The maximum absolute atomic E-state index is 12.0. The number of nitrogens with one attached hydrogen (secondary N) is 1. The van der Waals surface area contributed by atoms with Gasteiger partial charge in [-0.25, -0.2) is 0 Å². The summed E-state index contributed by atoms with van der Waals surface area (Å²) in [4.78, 5) is 0. The molecule has 80 valence electrons. The van der Waals surface area contributed by atoms with E-state index in [2.05, 4.69) is 6.58 Å². The second-order valence-electron chi connectivity index (χ2n) is 3.23. The van der Waals surface area contributed by atoms with E-state index in [0.29, 0.717) is 12.0 Å². The molecular weight excluding hydrogens is 191 g/mol. The van der Waals surface area contributed by atoms with Gasteiger partial charge >= 0.3 is 6.18 Å². The summed E-state index contributed by atoms with van der Waals surface area (Å²) < 4.78 is 35.9. The summed E-state index contributed by atoms with van der Waals surface area (Å²) in [5.41, 5.74) is -0.752. The molecule has 0 bridgehead atoms. The zero-order valence-corrected chi connectivity index (χ0v) is 8.28. The average molecular weight is 205 g/mol. The van der Waals surface area contributed by atoms with Gasteiger partial charge in [0.1, 0.15) is 5.71 Å². The van der Waals surface area contributed by atoms with E-state index in [1.165, 1.54) is 0 Å². The van der Waals surface area contributed by atoms with Crippen molar-refractivity contribution in [3.63, 3.8) is 0 Å². The largest absolute Gasteiger partial charge is 0.432 e. The smallest absolute Gasteiger partial charge is 0.296 e. The molecule has 0 fully saturated rings. The predicted molar refractivity (Wildman–Crippen MR) is 51.5 cm³/mol. The molecule has 1 atom stereocenters. The first-order valence-corrected chi connectivity index (χ1v) is 4.24. The van der Waals surface area contributed by atoms with Gasteiger partial charge in [-0.15, -0.1) is 6.58 Å². The van der Waals surface area contributed by atoms with Gasteiger partial charge in [0, 0.05) is 0 Å². The third kappa shape index (κ3) is 4.25. The second kappa shape index (κ2) is 4.98. The predicted octanol–water partition coefficient (Wildman–Crippen LogP) is 3.73. The highest BCUT2D eigenvalue weighted by atomic mass is 19.4. The monoisotopic (exact) mass is 205 g/mol. The minimum Gasteiger partial charge on any atom is -0.296 e. The number of allylic oxidation sites excluding steroid dienone is 3. The highest BCUT2D eigenvalue weighted by Crippen LogP contribution is 2.20. The first-order chi connectivity index (χ1) is 6.29. The van der Waals surface area contributed by atoms with Crippen molar-refractivity contribution < 1.29 is 13.2 Å². The van der Waals surface area contributed by atoms with Crippen LogP contribution in [0, 0.1) is 11.3 Å². The van der Waals surface area contributed by atoms with Crippen LogP contribution in [0.3, 0.4) is 0 Å². The van der Waals surface area contributed by atoms with E-state index in [1.54, 1.807) is 19.9 Å². The van der Waals surface area contributed by atoms with Crippen LogP contribution in [0.25, 0.3) is 0 Å². The molecule has 0 radical (unpaired) electrons. The van der Waals surface area contributed by atoms with Crippen molar-refractivity contribution in [3.8, 4) is 0 Å². The Hall–Kier alpha value is -1.06. The summed E-state index contributed by atoms with van der Waals surface area (Å²) >= 11 is 0. The SMILES string of the molecule is C=CC[C@@H](C)/C(C)=C/C(=N)C(F)(F)F. The highest BCUT2D eigenvalue weighted by Gasteiger charge is 2.32. The Morgan fingerprint density at radius 1 is 1.50 bits per heavy atom. The van der Waals surface area contributed by atoms with Crippen molar-refractivity contribution in [2.45, 2.75) is 26.4 Å². The summed E-state index contributed by atoms with van der Waals surface area (Å²) in [6.07, 6.45) is -1.41. The summed E-state index contributed by atoms with van der Waals surface area (Å²) in [7, 11) is 0. The first-order valence-electron chi connectivity index (χ1n) is 4.24. The molecule has 0 rings (SSSR count). The van der Waals surface area contributed by atoms with Crippen molar-refractivity contribution in [1.29, 1.82) is 5.41 Å². The van der Waals surface area contributed by atoms with Crippen LogP contribution < -0.4 is 0 Å². The molecule has 1 N–H and O–H groups in total. The van der Waals surface area contributed by atoms with Crippen molar-refractivity contribution in [2.24, 2.45) is 5.92 Å². The molecule has 0 unspecified atom stereocenters. The van der Waals surface area contributed by atoms with Gasteiger partial charge in [0.25, 0.3) is 0 Å². The Labute approximate surface area is 81.8 Å². The van der Waals surface area contributed by atoms with Crippen LogP contribution >= 0.6 is 0 Å². The molecule has 0 spiro atoms. The Morgan fingerprint density at radius 3 is 2.36 bits per heavy atom. The zero-order chi connectivity index (χ0) is 11.4. The molecule has 0 amide bonds. The minimum atomic E-state index is -4.55. The Kier molecular flexibility index (Phi) is 4.60. The topological polar surface area (TPSA) is 23.9 Å². The molecular formula is C10H14F3N. The van der Waals surface area contributed by atoms with Crippen LogP contribution in [-0.4, -0.2) is 11.9 Å². The molecule has 0 aromatic rings. The third-order valence-corrected chi connectivity index (χ3v) is 1.97. The Balaban J connectivity index is 4.52. The molecule has 0 saturated carbocycles. The van der Waals surface area contributed by atoms with Gasteiger partial charge in [0.05, 0.1) is 0 Å². The maximum atomic E-state index is 12.0. The molecule has 0 saturated heterocycles. The molecule has 4 heteroatoms. The van der Waals surface area contributed by atoms with Crippen LogP contribution in [0.1, 0.15) is 20.3 Å². The highest BCUT2D eigenvalue weighted by molar-refractivity contribution is 5.97. The van der Waals surface area contributed by atoms with E-state index in [9.17, 15) is 13.2 Å². The van der Waals surface area contributed by atoms with E-state index >= 15 is 0 Å². The maximum Gasteiger partial charge on any atom is 0.432 e. The van der Waals surface area contributed by atoms with Gasteiger partial charge in [0.2, 0.25) is 0 Å². The van der Waals surface area contributed by atoms with E-state index in [0.717, 1.165) is 6.08 Å². The summed E-state index contributed by atoms with van der Waals surface area (Å²) in [5.74, 6) is -0.00444. The molecule has 0 aliphatic rings. The number of alkyl halides is 3. The molecule has 14 heavy (non-hydrogen) atoms. The number of hydrogen-bond acceptors (Lipinski definition) is 1. The quantitative estimate of drug-likeness (QED) is 0.534. The Bertz CT molecular complexity index is 251. The summed E-state index contributed by atoms with van der Waals surface area (Å²) in [5, 5.41) is 6.77. The minimum absolute atomic E-state index is 0.00444. The fourth-order valence-electron chi connectivity index (χ4n) is 0.888. The van der Waals surface area contributed by atoms with Gasteiger partial charge in [-0.2, -0.15) is 13.2 Å². The van der Waals surface area contributed by atoms with E-state index in [-0.39, 0.29) is 5.92 Å². The lowest BCUT2D eigenvalue weighted by Crippen LogP contribution is -2.20. The Morgan fingerprint density at radius 2 is 2.00 bits per heavy atom. The molecule has 0 aromatic heterocycles. The van der Waals surface area contributed by atoms with E-state index in [1.807, 2.05) is 0 Å². The van der Waals surface area contributed by atoms with Crippen LogP contribution in [0.4, 0.5) is 13.2 Å². The lowest BCUT2D eigenvalue weighted by Gasteiger charge is -2.10. The van der Waals surface area contributed by atoms with Crippen molar-refractivity contribution in [2.75, 3.05) is 0 Å². The van der Waals surface area contributed by atoms with Gasteiger partial charge in [-0.3, -0.25) is 5.41 Å². The third-order valence-electron chi connectivity index (χ3n) is 1.97. The van der Waals surface area contributed by atoms with E-state index in [4.69, 9.17) is 5.41 Å². The van der Waals surface area contributed by atoms with Crippen molar-refractivity contribution in [1.82, 2.24) is 0 Å². The summed E-state index contributed by atoms with van der Waals surface area (Å²) in [6, 6.07) is 0. The second-order valence-corrected chi connectivity index (χ2v) is 3.23. The fraction of sp³-hybridized carbons (Fsp3) is 0.500. The lowest BCUT2D eigenvalue weighted by atomic mass is 9.98. The summed E-state index contributed by atoms with van der Waals surface area (Å²) in [6.45, 7) is 6.90. The van der Waals surface area contributed by atoms with Gasteiger partial charge in [-0.05, 0) is 25.3 Å². The van der Waals surface area contributed by atoms with Crippen molar-refractivity contribution in [3.05, 3.63) is 24.3 Å². The van der Waals surface area contributed by atoms with Crippen LogP contribution in [-0.2, 0) is 0 Å². The van der Waals surface area contributed by atoms with Gasteiger partial charge in [-0.1, -0.05) is 18.6 Å². The van der Waals surface area contributed by atoms with Gasteiger partial charge in [0.15, 0.2) is 0 Å². The van der Waals surface area contributed by atoms with Gasteiger partial charge < -0.3 is 0 Å². The van der Waals surface area contributed by atoms with Crippen LogP contribution in [0.15, 0.2) is 24.3 Å². The molecule has 0 aromatic carbocycles. The molecule has 0 aliphatic carbocycles. The lowest BCUT2D eigenvalue weighted by molar-refractivity contribution is -0.0584. The van der Waals surface area contributed by atoms with Crippen LogP contribution in [0.5, 0.6) is 0 Å².